The van der Waals surface area contributed by atoms with Crippen LogP contribution in [0.1, 0.15) is 13.8 Å². The van der Waals surface area contributed by atoms with Crippen LogP contribution in [0.5, 0.6) is 0 Å². The number of rotatable bonds is 12. The van der Waals surface area contributed by atoms with Crippen molar-refractivity contribution in [2.24, 2.45) is 5.92 Å². The van der Waals surface area contributed by atoms with Crippen LogP contribution >= 0.6 is 0 Å². The average molecular weight is 278 g/mol. The van der Waals surface area contributed by atoms with Gasteiger partial charge in [0.1, 0.15) is 0 Å². The van der Waals surface area contributed by atoms with Gasteiger partial charge in [0.25, 0.3) is 0 Å². The van der Waals surface area contributed by atoms with Crippen LogP contribution in [-0.4, -0.2) is 54.6 Å². The molecule has 0 unspecified atom stereocenters. The van der Waals surface area contributed by atoms with E-state index in [2.05, 4.69) is 33.5 Å². The third-order valence-corrected chi connectivity index (χ3v) is 3.03. The molecule has 110 valence electrons. The molecule has 0 aliphatic rings. The molecule has 18 heavy (non-hydrogen) atoms. The maximum absolute atomic E-state index is 5.66. The molecular weight excluding hydrogens is 248 g/mol. The van der Waals surface area contributed by atoms with Crippen molar-refractivity contribution >= 4 is 8.32 Å². The first-order chi connectivity index (χ1) is 8.42. The number of ether oxygens (including phenoxy) is 3. The largest absolute Gasteiger partial charge is 0.415 e. The topological polar surface area (TPSA) is 36.9 Å². The van der Waals surface area contributed by atoms with E-state index in [1.807, 2.05) is 0 Å². The maximum Gasteiger partial charge on any atom is 0.183 e. The highest BCUT2D eigenvalue weighted by Gasteiger charge is 2.12. The lowest BCUT2D eigenvalue weighted by Crippen LogP contribution is -2.27. The van der Waals surface area contributed by atoms with Crippen LogP contribution in [0.3, 0.4) is 0 Å². The van der Waals surface area contributed by atoms with Crippen LogP contribution in [0.15, 0.2) is 0 Å². The Morgan fingerprint density at radius 2 is 1.17 bits per heavy atom. The summed E-state index contributed by atoms with van der Waals surface area (Å²) in [6, 6.07) is 0. The molecule has 0 N–H and O–H groups in total. The summed E-state index contributed by atoms with van der Waals surface area (Å²) in [7, 11) is -1.38. The molecule has 0 amide bonds. The normalized spacial score (nSPS) is 12.3. The lowest BCUT2D eigenvalue weighted by atomic mass is 10.2. The van der Waals surface area contributed by atoms with Crippen molar-refractivity contribution in [3.63, 3.8) is 0 Å². The summed E-state index contributed by atoms with van der Waals surface area (Å²) in [6.45, 7) is 15.5. The third kappa shape index (κ3) is 16.1. The van der Waals surface area contributed by atoms with Crippen LogP contribution in [0, 0.1) is 5.92 Å². The summed E-state index contributed by atoms with van der Waals surface area (Å²) in [4.78, 5) is 0. The Morgan fingerprint density at radius 1 is 0.722 bits per heavy atom. The molecule has 0 aliphatic heterocycles. The van der Waals surface area contributed by atoms with Crippen molar-refractivity contribution in [2.45, 2.75) is 33.5 Å². The lowest BCUT2D eigenvalue weighted by molar-refractivity contribution is 0.00473. The molecule has 0 aromatic heterocycles. The first-order valence-corrected chi connectivity index (χ1v) is 10.2. The maximum atomic E-state index is 5.66. The predicted octanol–water partition coefficient (Wildman–Crippen LogP) is 2.54. The molecule has 0 radical (unpaired) electrons. The Labute approximate surface area is 113 Å². The molecule has 0 bridgehead atoms. The summed E-state index contributed by atoms with van der Waals surface area (Å²) in [5, 5.41) is 0. The Kier molecular flexibility index (Phi) is 11.0. The van der Waals surface area contributed by atoms with Crippen molar-refractivity contribution in [1.29, 1.82) is 0 Å². The zero-order valence-corrected chi connectivity index (χ0v) is 13.7. The van der Waals surface area contributed by atoms with Gasteiger partial charge < -0.3 is 18.6 Å². The Bertz CT molecular complexity index is 180. The van der Waals surface area contributed by atoms with Gasteiger partial charge in [-0.05, 0) is 25.6 Å². The summed E-state index contributed by atoms with van der Waals surface area (Å²) in [5.74, 6) is 0.583. The van der Waals surface area contributed by atoms with E-state index in [9.17, 15) is 0 Å². The minimum absolute atomic E-state index is 0.583. The third-order valence-electron chi connectivity index (χ3n) is 1.96. The standard InChI is InChI=1S/C13H30O4Si/c1-13(2)12-16-9-8-14-6-7-15-10-11-17-18(3,4)5/h13H,6-12H2,1-5H3. The second-order valence-electron chi connectivity index (χ2n) is 5.65. The molecule has 0 heterocycles. The molecule has 0 rings (SSSR count). The van der Waals surface area contributed by atoms with E-state index in [1.54, 1.807) is 0 Å². The zero-order valence-electron chi connectivity index (χ0n) is 12.7. The number of hydrogen-bond acceptors (Lipinski definition) is 4. The van der Waals surface area contributed by atoms with Crippen LogP contribution < -0.4 is 0 Å². The number of hydrogen-bond donors (Lipinski definition) is 0. The van der Waals surface area contributed by atoms with Crippen LogP contribution in [0.2, 0.25) is 19.6 Å². The van der Waals surface area contributed by atoms with E-state index < -0.39 is 8.32 Å². The van der Waals surface area contributed by atoms with Crippen molar-refractivity contribution < 1.29 is 18.6 Å². The fraction of sp³-hybridized carbons (Fsp3) is 1.00. The monoisotopic (exact) mass is 278 g/mol. The van der Waals surface area contributed by atoms with Gasteiger partial charge in [-0.25, -0.2) is 0 Å². The molecule has 0 aromatic carbocycles. The van der Waals surface area contributed by atoms with Crippen LogP contribution in [0.25, 0.3) is 0 Å². The van der Waals surface area contributed by atoms with E-state index in [-0.39, 0.29) is 0 Å². The van der Waals surface area contributed by atoms with Gasteiger partial charge in [0, 0.05) is 6.61 Å². The van der Waals surface area contributed by atoms with Crippen LogP contribution in [0.4, 0.5) is 0 Å². The summed E-state index contributed by atoms with van der Waals surface area (Å²) in [5.41, 5.74) is 0. The van der Waals surface area contributed by atoms with Gasteiger partial charge in [0.05, 0.1) is 39.6 Å². The molecule has 0 spiro atoms. The first kappa shape index (κ1) is 18.1. The second kappa shape index (κ2) is 10.9. The van der Waals surface area contributed by atoms with E-state index in [1.165, 1.54) is 0 Å². The zero-order chi connectivity index (χ0) is 13.9. The molecule has 0 fully saturated rings. The van der Waals surface area contributed by atoms with Gasteiger partial charge in [0.2, 0.25) is 0 Å². The summed E-state index contributed by atoms with van der Waals surface area (Å²) >= 11 is 0. The van der Waals surface area contributed by atoms with E-state index in [0.717, 1.165) is 6.61 Å². The van der Waals surface area contributed by atoms with Gasteiger partial charge in [0.15, 0.2) is 8.32 Å². The van der Waals surface area contributed by atoms with E-state index in [0.29, 0.717) is 45.6 Å². The van der Waals surface area contributed by atoms with Crippen molar-refractivity contribution in [2.75, 3.05) is 46.2 Å². The highest BCUT2D eigenvalue weighted by Crippen LogP contribution is 2.01. The molecule has 4 nitrogen and oxygen atoms in total. The predicted molar refractivity (Wildman–Crippen MR) is 76.6 cm³/mol. The molecular formula is C13H30O4Si. The average Bonchev–Trinajstić information content (AvgIpc) is 2.24. The molecule has 0 saturated heterocycles. The fourth-order valence-electron chi connectivity index (χ4n) is 1.17. The van der Waals surface area contributed by atoms with Gasteiger partial charge in [-0.15, -0.1) is 0 Å². The van der Waals surface area contributed by atoms with E-state index in [4.69, 9.17) is 18.6 Å². The molecule has 0 atom stereocenters. The fourth-order valence-corrected chi connectivity index (χ4v) is 1.86. The molecule has 5 heteroatoms. The SMILES string of the molecule is CC(C)COCCOCCOCCO[Si](C)(C)C. The van der Waals surface area contributed by atoms with Crippen molar-refractivity contribution in [1.82, 2.24) is 0 Å². The smallest absolute Gasteiger partial charge is 0.183 e. The quantitative estimate of drug-likeness (QED) is 0.406. The van der Waals surface area contributed by atoms with Crippen LogP contribution in [-0.2, 0) is 18.6 Å². The first-order valence-electron chi connectivity index (χ1n) is 6.79. The molecule has 0 aliphatic carbocycles. The minimum Gasteiger partial charge on any atom is -0.415 e. The molecule has 0 saturated carbocycles. The Balaban J connectivity index is 3.04. The van der Waals surface area contributed by atoms with Gasteiger partial charge in [-0.1, -0.05) is 13.8 Å². The van der Waals surface area contributed by atoms with Crippen molar-refractivity contribution in [3.05, 3.63) is 0 Å². The lowest BCUT2D eigenvalue weighted by Gasteiger charge is -2.16. The summed E-state index contributed by atoms with van der Waals surface area (Å²) < 4.78 is 21.8. The highest BCUT2D eigenvalue weighted by molar-refractivity contribution is 6.69. The highest BCUT2D eigenvalue weighted by atomic mass is 28.4. The Morgan fingerprint density at radius 3 is 1.61 bits per heavy atom. The van der Waals surface area contributed by atoms with Crippen molar-refractivity contribution in [3.8, 4) is 0 Å². The minimum atomic E-state index is -1.38. The van der Waals surface area contributed by atoms with Gasteiger partial charge in [-0.3, -0.25) is 0 Å². The van der Waals surface area contributed by atoms with E-state index >= 15 is 0 Å². The molecule has 0 aromatic rings. The van der Waals surface area contributed by atoms with Gasteiger partial charge in [-0.2, -0.15) is 0 Å². The Hall–Kier alpha value is 0.0569. The second-order valence-corrected chi connectivity index (χ2v) is 10.2. The summed E-state index contributed by atoms with van der Waals surface area (Å²) in [6.07, 6.45) is 0. The van der Waals surface area contributed by atoms with Gasteiger partial charge >= 0.3 is 0 Å².